The minimum atomic E-state index is -0.259. The van der Waals surface area contributed by atoms with Crippen LogP contribution in [0.2, 0.25) is 0 Å². The van der Waals surface area contributed by atoms with Gasteiger partial charge in [-0.25, -0.2) is 4.39 Å². The molecule has 1 aliphatic carbocycles. The van der Waals surface area contributed by atoms with Gasteiger partial charge in [0.1, 0.15) is 5.60 Å². The number of ether oxygens (including phenoxy) is 1. The van der Waals surface area contributed by atoms with Crippen LogP contribution in [-0.2, 0) is 0 Å². The molecule has 0 radical (unpaired) electrons. The smallest absolute Gasteiger partial charge is 0.165 e. The molecule has 0 aromatic heterocycles. The fraction of sp³-hybridized carbons (Fsp3) is 0.647. The summed E-state index contributed by atoms with van der Waals surface area (Å²) in [5, 5.41) is 3.48. The van der Waals surface area contributed by atoms with Crippen molar-refractivity contribution in [2.45, 2.75) is 64.5 Å². The lowest BCUT2D eigenvalue weighted by Gasteiger charge is -2.42. The Morgan fingerprint density at radius 3 is 2.55 bits per heavy atom. The Morgan fingerprint density at radius 1 is 1.30 bits per heavy atom. The highest BCUT2D eigenvalue weighted by molar-refractivity contribution is 5.30. The van der Waals surface area contributed by atoms with Crippen molar-refractivity contribution < 1.29 is 9.13 Å². The van der Waals surface area contributed by atoms with Crippen LogP contribution in [-0.4, -0.2) is 17.7 Å². The maximum absolute atomic E-state index is 13.8. The molecule has 1 aromatic rings. The first-order valence-electron chi connectivity index (χ1n) is 7.50. The van der Waals surface area contributed by atoms with Crippen molar-refractivity contribution in [3.8, 4) is 5.75 Å². The maximum atomic E-state index is 13.8. The summed E-state index contributed by atoms with van der Waals surface area (Å²) in [4.78, 5) is 0. The molecular formula is C17H26FNO. The quantitative estimate of drug-likeness (QED) is 0.871. The molecule has 3 heteroatoms. The highest BCUT2D eigenvalue weighted by atomic mass is 19.1. The molecule has 0 atom stereocenters. The van der Waals surface area contributed by atoms with Gasteiger partial charge in [0, 0.05) is 5.54 Å². The van der Waals surface area contributed by atoms with E-state index in [2.05, 4.69) is 26.1 Å². The zero-order valence-corrected chi connectivity index (χ0v) is 13.1. The fourth-order valence-electron chi connectivity index (χ4n) is 2.56. The van der Waals surface area contributed by atoms with Crippen LogP contribution in [0.25, 0.3) is 0 Å². The number of nitrogens with one attached hydrogen (secondary N) is 1. The minimum absolute atomic E-state index is 0.111. The van der Waals surface area contributed by atoms with Crippen molar-refractivity contribution in [2.24, 2.45) is 0 Å². The first-order valence-corrected chi connectivity index (χ1v) is 7.50. The van der Waals surface area contributed by atoms with Gasteiger partial charge < -0.3 is 10.1 Å². The molecular weight excluding hydrogens is 253 g/mol. The standard InChI is InChI=1S/C17H26FNO/c1-13-6-7-14(18)15(12-13)20-17(8-5-9-17)10-11-19-16(2,3)4/h6-7,12,19H,5,8-11H2,1-4H3. The van der Waals surface area contributed by atoms with Gasteiger partial charge in [-0.2, -0.15) is 0 Å². The van der Waals surface area contributed by atoms with Crippen LogP contribution < -0.4 is 10.1 Å². The van der Waals surface area contributed by atoms with Gasteiger partial charge in [0.05, 0.1) is 0 Å². The third-order valence-corrected chi connectivity index (χ3v) is 3.91. The topological polar surface area (TPSA) is 21.3 Å². The third-order valence-electron chi connectivity index (χ3n) is 3.91. The van der Waals surface area contributed by atoms with E-state index in [0.717, 1.165) is 31.4 Å². The number of aryl methyl sites for hydroxylation is 1. The second kappa shape index (κ2) is 5.72. The molecule has 2 nitrogen and oxygen atoms in total. The number of hydrogen-bond acceptors (Lipinski definition) is 2. The Kier molecular flexibility index (Phi) is 4.38. The van der Waals surface area contributed by atoms with E-state index in [1.807, 2.05) is 6.92 Å². The Bertz CT molecular complexity index is 461. The summed E-state index contributed by atoms with van der Waals surface area (Å²) in [6.45, 7) is 9.32. The van der Waals surface area contributed by atoms with Crippen LogP contribution in [0.5, 0.6) is 5.75 Å². The summed E-state index contributed by atoms with van der Waals surface area (Å²) in [6.07, 6.45) is 4.14. The van der Waals surface area contributed by atoms with Crippen LogP contribution >= 0.6 is 0 Å². The van der Waals surface area contributed by atoms with E-state index in [4.69, 9.17) is 4.74 Å². The third kappa shape index (κ3) is 3.95. The molecule has 1 N–H and O–H groups in total. The van der Waals surface area contributed by atoms with Gasteiger partial charge in [-0.1, -0.05) is 6.07 Å². The van der Waals surface area contributed by atoms with Gasteiger partial charge in [0.2, 0.25) is 0 Å². The Hall–Kier alpha value is -1.09. The summed E-state index contributed by atoms with van der Waals surface area (Å²) in [7, 11) is 0. The van der Waals surface area contributed by atoms with E-state index in [-0.39, 0.29) is 17.0 Å². The predicted molar refractivity (Wildman–Crippen MR) is 80.7 cm³/mol. The number of halogens is 1. The van der Waals surface area contributed by atoms with E-state index in [1.54, 1.807) is 12.1 Å². The summed E-state index contributed by atoms with van der Waals surface area (Å²) in [5.74, 6) is 0.145. The van der Waals surface area contributed by atoms with E-state index in [0.29, 0.717) is 5.75 Å². The molecule has 1 saturated carbocycles. The van der Waals surface area contributed by atoms with Gasteiger partial charge in [0.25, 0.3) is 0 Å². The lowest BCUT2D eigenvalue weighted by Crippen LogP contribution is -2.47. The largest absolute Gasteiger partial charge is 0.484 e. The van der Waals surface area contributed by atoms with Crippen molar-refractivity contribution in [3.05, 3.63) is 29.6 Å². The molecule has 1 aromatic carbocycles. The van der Waals surface area contributed by atoms with Crippen LogP contribution in [0, 0.1) is 12.7 Å². The summed E-state index contributed by atoms with van der Waals surface area (Å²) < 4.78 is 19.9. The number of benzene rings is 1. The van der Waals surface area contributed by atoms with Gasteiger partial charge >= 0.3 is 0 Å². The molecule has 1 aliphatic rings. The molecule has 112 valence electrons. The van der Waals surface area contributed by atoms with Crippen LogP contribution in [0.3, 0.4) is 0 Å². The Balaban J connectivity index is 1.99. The molecule has 1 fully saturated rings. The zero-order chi connectivity index (χ0) is 14.8. The number of rotatable bonds is 5. The van der Waals surface area contributed by atoms with Crippen LogP contribution in [0.4, 0.5) is 4.39 Å². The highest BCUT2D eigenvalue weighted by Gasteiger charge is 2.39. The van der Waals surface area contributed by atoms with E-state index < -0.39 is 0 Å². The van der Waals surface area contributed by atoms with Gasteiger partial charge in [0.15, 0.2) is 11.6 Å². The fourth-order valence-corrected chi connectivity index (χ4v) is 2.56. The minimum Gasteiger partial charge on any atom is -0.484 e. The lowest BCUT2D eigenvalue weighted by atomic mass is 9.77. The van der Waals surface area contributed by atoms with Crippen LogP contribution in [0.1, 0.15) is 52.0 Å². The predicted octanol–water partition coefficient (Wildman–Crippen LogP) is 4.21. The van der Waals surface area contributed by atoms with E-state index in [9.17, 15) is 4.39 Å². The maximum Gasteiger partial charge on any atom is 0.165 e. The van der Waals surface area contributed by atoms with E-state index in [1.165, 1.54) is 12.5 Å². The monoisotopic (exact) mass is 279 g/mol. The second-order valence-corrected chi connectivity index (χ2v) is 7.00. The summed E-state index contributed by atoms with van der Waals surface area (Å²) in [6, 6.07) is 5.06. The normalized spacial score (nSPS) is 17.6. The van der Waals surface area contributed by atoms with Crippen molar-refractivity contribution in [1.82, 2.24) is 5.32 Å². The highest BCUT2D eigenvalue weighted by Crippen LogP contribution is 2.40. The van der Waals surface area contributed by atoms with Crippen molar-refractivity contribution in [3.63, 3.8) is 0 Å². The zero-order valence-electron chi connectivity index (χ0n) is 13.1. The average Bonchev–Trinajstić information content (AvgIpc) is 2.28. The van der Waals surface area contributed by atoms with Gasteiger partial charge in [-0.05, 0) is 77.6 Å². The second-order valence-electron chi connectivity index (χ2n) is 7.00. The molecule has 0 saturated heterocycles. The average molecular weight is 279 g/mol. The molecule has 20 heavy (non-hydrogen) atoms. The molecule has 0 spiro atoms. The van der Waals surface area contributed by atoms with Gasteiger partial charge in [-0.15, -0.1) is 0 Å². The summed E-state index contributed by atoms with van der Waals surface area (Å²) in [5.41, 5.74) is 0.968. The molecule has 0 aliphatic heterocycles. The van der Waals surface area contributed by atoms with Gasteiger partial charge in [-0.3, -0.25) is 0 Å². The Labute approximate surface area is 121 Å². The first-order chi connectivity index (χ1) is 9.30. The Morgan fingerprint density at radius 2 is 2.00 bits per heavy atom. The van der Waals surface area contributed by atoms with Crippen molar-refractivity contribution >= 4 is 0 Å². The summed E-state index contributed by atoms with van der Waals surface area (Å²) >= 11 is 0. The lowest BCUT2D eigenvalue weighted by molar-refractivity contribution is -0.0181. The van der Waals surface area contributed by atoms with Crippen molar-refractivity contribution in [1.29, 1.82) is 0 Å². The number of hydrogen-bond donors (Lipinski definition) is 1. The first kappa shape index (κ1) is 15.3. The van der Waals surface area contributed by atoms with Crippen molar-refractivity contribution in [2.75, 3.05) is 6.54 Å². The van der Waals surface area contributed by atoms with Crippen LogP contribution in [0.15, 0.2) is 18.2 Å². The van der Waals surface area contributed by atoms with E-state index >= 15 is 0 Å². The molecule has 0 heterocycles. The SMILES string of the molecule is Cc1ccc(F)c(OC2(CCNC(C)(C)C)CCC2)c1. The molecule has 2 rings (SSSR count). The molecule has 0 amide bonds. The molecule has 0 unspecified atom stereocenters. The molecule has 0 bridgehead atoms.